The molecule has 1 aromatic heterocycles. The first-order valence-electron chi connectivity index (χ1n) is 8.74. The van der Waals surface area contributed by atoms with Crippen LogP contribution in [0.3, 0.4) is 0 Å². The van der Waals surface area contributed by atoms with Crippen LogP contribution in [0.1, 0.15) is 24.3 Å². The van der Waals surface area contributed by atoms with E-state index in [1.54, 1.807) is 17.5 Å². The lowest BCUT2D eigenvalue weighted by atomic mass is 10.1. The van der Waals surface area contributed by atoms with Crippen molar-refractivity contribution in [3.8, 4) is 0 Å². The summed E-state index contributed by atoms with van der Waals surface area (Å²) in [5, 5.41) is 3.53. The zero-order valence-electron chi connectivity index (χ0n) is 14.5. The van der Waals surface area contributed by atoms with E-state index in [9.17, 15) is 8.78 Å². The molecule has 1 unspecified atom stereocenters. The second-order valence-electron chi connectivity index (χ2n) is 6.55. The third kappa shape index (κ3) is 4.39. The van der Waals surface area contributed by atoms with Crippen molar-refractivity contribution in [3.05, 3.63) is 39.6 Å². The lowest BCUT2D eigenvalue weighted by Crippen LogP contribution is -2.35. The largest absolute Gasteiger partial charge is 0.398 e. The number of hydrogen-bond donors (Lipinski definition) is 2. The van der Waals surface area contributed by atoms with Gasteiger partial charge in [-0.1, -0.05) is 11.9 Å². The van der Waals surface area contributed by atoms with E-state index < -0.39 is 6.55 Å². The van der Waals surface area contributed by atoms with Gasteiger partial charge in [0.2, 0.25) is 0 Å². The van der Waals surface area contributed by atoms with Crippen molar-refractivity contribution < 1.29 is 8.78 Å². The van der Waals surface area contributed by atoms with Crippen molar-refractivity contribution >= 4 is 35.3 Å². The van der Waals surface area contributed by atoms with Crippen molar-refractivity contribution in [2.45, 2.75) is 37.1 Å². The molecule has 4 rings (SSSR count). The maximum atomic E-state index is 12.2. The molecule has 1 aromatic rings. The number of rotatable bonds is 7. The fourth-order valence-corrected chi connectivity index (χ4v) is 4.66. The lowest BCUT2D eigenvalue weighted by molar-refractivity contribution is 0.161. The molecule has 0 aromatic carbocycles. The molecule has 3 aliphatic rings. The van der Waals surface area contributed by atoms with E-state index in [-0.39, 0.29) is 6.04 Å². The Hall–Kier alpha value is -1.78. The minimum atomic E-state index is -2.73. The Morgan fingerprint density at radius 2 is 2.33 bits per heavy atom. The van der Waals surface area contributed by atoms with E-state index >= 15 is 0 Å². The second-order valence-corrected chi connectivity index (χ2v) is 8.58. The number of amidine groups is 1. The Balaban J connectivity index is 1.58. The van der Waals surface area contributed by atoms with E-state index in [0.717, 1.165) is 46.5 Å². The van der Waals surface area contributed by atoms with Crippen LogP contribution in [-0.2, 0) is 0 Å². The molecule has 3 N–H and O–H groups in total. The third-order valence-electron chi connectivity index (χ3n) is 4.51. The van der Waals surface area contributed by atoms with E-state index in [2.05, 4.69) is 24.6 Å². The van der Waals surface area contributed by atoms with Gasteiger partial charge < -0.3 is 10.6 Å². The standard InChI is InChI=1S/C17H20F2N6S2/c18-17(19)22-4-3-13(20)12-8-23-15(16-21-5-6-26-16)25-9-10(7-14(12)25)24-27-11-1-2-11/h3-6,10-11,17,24H,1-2,7-9,20H2. The number of halogens is 2. The average molecular weight is 411 g/mol. The Bertz CT molecular complexity index is 798. The van der Waals surface area contributed by atoms with Gasteiger partial charge in [0, 0.05) is 59.0 Å². The molecular weight excluding hydrogens is 390 g/mol. The van der Waals surface area contributed by atoms with Crippen LogP contribution in [0.4, 0.5) is 8.78 Å². The van der Waals surface area contributed by atoms with E-state index in [4.69, 9.17) is 5.73 Å². The molecule has 0 amide bonds. The Morgan fingerprint density at radius 3 is 3.04 bits per heavy atom. The van der Waals surface area contributed by atoms with E-state index in [0.29, 0.717) is 12.2 Å². The summed E-state index contributed by atoms with van der Waals surface area (Å²) in [5.74, 6) is 0.860. The van der Waals surface area contributed by atoms with Crippen LogP contribution < -0.4 is 10.5 Å². The maximum absolute atomic E-state index is 12.2. The molecule has 1 aliphatic carbocycles. The molecule has 1 atom stereocenters. The Labute approximate surface area is 164 Å². The number of thiazole rings is 1. The van der Waals surface area contributed by atoms with Crippen molar-refractivity contribution in [2.24, 2.45) is 15.7 Å². The Kier molecular flexibility index (Phi) is 5.55. The maximum Gasteiger partial charge on any atom is 0.331 e. The minimum Gasteiger partial charge on any atom is -0.398 e. The summed E-state index contributed by atoms with van der Waals surface area (Å²) in [6, 6.07) is 0.284. The summed E-state index contributed by atoms with van der Waals surface area (Å²) in [4.78, 5) is 14.3. The molecule has 2 aliphatic heterocycles. The van der Waals surface area contributed by atoms with E-state index in [1.165, 1.54) is 18.9 Å². The van der Waals surface area contributed by atoms with Crippen LogP contribution in [0.25, 0.3) is 0 Å². The van der Waals surface area contributed by atoms with Gasteiger partial charge in [-0.3, -0.25) is 9.71 Å². The molecule has 144 valence electrons. The van der Waals surface area contributed by atoms with Crippen LogP contribution in [0.2, 0.25) is 0 Å². The second kappa shape index (κ2) is 8.07. The molecule has 10 heteroatoms. The summed E-state index contributed by atoms with van der Waals surface area (Å²) in [6.07, 6.45) is 7.62. The van der Waals surface area contributed by atoms with Crippen molar-refractivity contribution in [3.63, 3.8) is 0 Å². The summed E-state index contributed by atoms with van der Waals surface area (Å²) in [6.45, 7) is -1.53. The molecular formula is C17H20F2N6S2. The van der Waals surface area contributed by atoms with Crippen molar-refractivity contribution in [2.75, 3.05) is 13.1 Å². The topological polar surface area (TPSA) is 78.9 Å². The van der Waals surface area contributed by atoms with Gasteiger partial charge in [-0.25, -0.2) is 9.98 Å². The molecule has 3 heterocycles. The van der Waals surface area contributed by atoms with Crippen molar-refractivity contribution in [1.82, 2.24) is 14.6 Å². The molecule has 1 saturated carbocycles. The Morgan fingerprint density at radius 1 is 1.48 bits per heavy atom. The first-order chi connectivity index (χ1) is 13.1. The number of fused-ring (bicyclic) bond motifs is 1. The predicted molar refractivity (Wildman–Crippen MR) is 106 cm³/mol. The van der Waals surface area contributed by atoms with Crippen molar-refractivity contribution in [1.29, 1.82) is 0 Å². The normalized spacial score (nSPS) is 23.5. The number of nitrogens with two attached hydrogens (primary N) is 1. The number of aromatic nitrogens is 1. The monoisotopic (exact) mass is 410 g/mol. The third-order valence-corrected chi connectivity index (χ3v) is 6.55. The zero-order valence-corrected chi connectivity index (χ0v) is 16.1. The quantitative estimate of drug-likeness (QED) is 0.411. The van der Waals surface area contributed by atoms with Gasteiger partial charge in [0.25, 0.3) is 0 Å². The number of hydrogen-bond acceptors (Lipinski definition) is 8. The van der Waals surface area contributed by atoms with Crippen LogP contribution in [0.5, 0.6) is 0 Å². The first-order valence-corrected chi connectivity index (χ1v) is 10.5. The smallest absolute Gasteiger partial charge is 0.331 e. The first kappa shape index (κ1) is 18.6. The molecule has 0 radical (unpaired) electrons. The fourth-order valence-electron chi connectivity index (χ4n) is 3.09. The predicted octanol–water partition coefficient (Wildman–Crippen LogP) is 2.77. The van der Waals surface area contributed by atoms with Gasteiger partial charge >= 0.3 is 6.55 Å². The molecule has 0 spiro atoms. The van der Waals surface area contributed by atoms with Gasteiger partial charge in [-0.2, -0.15) is 8.78 Å². The number of nitrogens with zero attached hydrogens (tertiary/aromatic N) is 4. The van der Waals surface area contributed by atoms with Crippen LogP contribution in [-0.4, -0.2) is 52.9 Å². The summed E-state index contributed by atoms with van der Waals surface area (Å²) < 4.78 is 28.0. The van der Waals surface area contributed by atoms with Gasteiger partial charge in [0.05, 0.1) is 6.54 Å². The molecule has 2 fully saturated rings. The van der Waals surface area contributed by atoms with Crippen LogP contribution >= 0.6 is 23.3 Å². The molecule has 27 heavy (non-hydrogen) atoms. The molecule has 0 bridgehead atoms. The lowest BCUT2D eigenvalue weighted by Gasteiger charge is -2.27. The highest BCUT2D eigenvalue weighted by Crippen LogP contribution is 2.36. The SMILES string of the molecule is NC(=CC=NC(F)F)C1=C2CC(NSC3CC3)CN2C(c2nccs2)=NC1. The number of nitrogens with one attached hydrogen (secondary N) is 1. The summed E-state index contributed by atoms with van der Waals surface area (Å²) in [7, 11) is 0. The number of aliphatic imine (C=N–C) groups is 2. The highest BCUT2D eigenvalue weighted by molar-refractivity contribution is 7.98. The summed E-state index contributed by atoms with van der Waals surface area (Å²) >= 11 is 3.36. The highest BCUT2D eigenvalue weighted by atomic mass is 32.2. The highest BCUT2D eigenvalue weighted by Gasteiger charge is 2.36. The number of alkyl halides is 2. The van der Waals surface area contributed by atoms with Crippen LogP contribution in [0, 0.1) is 0 Å². The number of allylic oxidation sites excluding steroid dienone is 1. The van der Waals surface area contributed by atoms with Gasteiger partial charge in [-0.15, -0.1) is 11.3 Å². The average Bonchev–Trinajstić information content (AvgIpc) is 3.14. The molecule has 6 nitrogen and oxygen atoms in total. The fraction of sp³-hybridized carbons (Fsp3) is 0.471. The van der Waals surface area contributed by atoms with Gasteiger partial charge in [0.1, 0.15) is 0 Å². The van der Waals surface area contributed by atoms with E-state index in [1.807, 2.05) is 17.3 Å². The summed E-state index contributed by atoms with van der Waals surface area (Å²) in [5.41, 5.74) is 8.55. The minimum absolute atomic E-state index is 0.284. The van der Waals surface area contributed by atoms with Gasteiger partial charge in [0.15, 0.2) is 10.8 Å². The van der Waals surface area contributed by atoms with Gasteiger partial charge in [-0.05, 0) is 18.9 Å². The zero-order chi connectivity index (χ0) is 18.8. The molecule has 1 saturated heterocycles. The van der Waals surface area contributed by atoms with Crippen LogP contribution in [0.15, 0.2) is 44.6 Å².